The molecule has 0 saturated heterocycles. The molecule has 0 fully saturated rings. The Morgan fingerprint density at radius 2 is 2.00 bits per heavy atom. The number of aryl methyl sites for hydroxylation is 1. The van der Waals surface area contributed by atoms with E-state index in [2.05, 4.69) is 0 Å². The Hall–Kier alpha value is -2.00. The van der Waals surface area contributed by atoms with Gasteiger partial charge in [-0.05, 0) is 36.8 Å². The first-order valence-corrected chi connectivity index (χ1v) is 5.80. The van der Waals surface area contributed by atoms with Crippen LogP contribution in [0.2, 0.25) is 5.02 Å². The fourth-order valence-corrected chi connectivity index (χ4v) is 1.84. The molecule has 0 aromatic heterocycles. The summed E-state index contributed by atoms with van der Waals surface area (Å²) in [4.78, 5) is 0. The number of aromatic hydroxyl groups is 1. The minimum absolute atomic E-state index is 0.0644. The highest BCUT2D eigenvalue weighted by atomic mass is 35.5. The van der Waals surface area contributed by atoms with Crippen LogP contribution >= 0.6 is 11.6 Å². The smallest absolute Gasteiger partial charge is 0.220 e. The van der Waals surface area contributed by atoms with Gasteiger partial charge in [-0.15, -0.1) is 0 Å². The zero-order valence-corrected chi connectivity index (χ0v) is 10.6. The van der Waals surface area contributed by atoms with Crippen molar-refractivity contribution in [2.45, 2.75) is 6.92 Å². The molecule has 0 saturated carbocycles. The second-order valence-electron chi connectivity index (χ2n) is 3.98. The molecular formula is C14H12ClNO2. The van der Waals surface area contributed by atoms with E-state index in [1.807, 2.05) is 6.92 Å². The maximum Gasteiger partial charge on any atom is 0.220 e. The molecule has 0 aliphatic rings. The van der Waals surface area contributed by atoms with Gasteiger partial charge in [0.05, 0.1) is 6.07 Å². The number of phenolic OH excluding ortho intramolecular Hbond substituents is 1. The van der Waals surface area contributed by atoms with Gasteiger partial charge >= 0.3 is 0 Å². The van der Waals surface area contributed by atoms with Crippen molar-refractivity contribution in [2.24, 2.45) is 0 Å². The van der Waals surface area contributed by atoms with E-state index in [0.717, 1.165) is 15.9 Å². The largest absolute Gasteiger partial charge is 0.618 e. The Morgan fingerprint density at radius 1 is 1.22 bits per heavy atom. The maximum absolute atomic E-state index is 11.9. The van der Waals surface area contributed by atoms with Gasteiger partial charge in [0, 0.05) is 16.7 Å². The van der Waals surface area contributed by atoms with Crippen LogP contribution in [0.4, 0.5) is 5.69 Å². The third-order valence-electron chi connectivity index (χ3n) is 2.57. The van der Waals surface area contributed by atoms with Crippen molar-refractivity contribution in [3.63, 3.8) is 0 Å². The Kier molecular flexibility index (Phi) is 3.53. The van der Waals surface area contributed by atoms with Crippen LogP contribution in [-0.2, 0) is 0 Å². The average Bonchev–Trinajstić information content (AvgIpc) is 2.32. The molecule has 92 valence electrons. The number of phenols is 1. The molecule has 0 bridgehead atoms. The van der Waals surface area contributed by atoms with E-state index < -0.39 is 0 Å². The fourth-order valence-electron chi connectivity index (χ4n) is 1.61. The Labute approximate surface area is 110 Å². The lowest BCUT2D eigenvalue weighted by Crippen LogP contribution is -2.00. The summed E-state index contributed by atoms with van der Waals surface area (Å²) in [6, 6.07) is 11.5. The highest BCUT2D eigenvalue weighted by Crippen LogP contribution is 2.19. The first-order chi connectivity index (χ1) is 8.56. The van der Waals surface area contributed by atoms with Crippen molar-refractivity contribution in [1.82, 2.24) is 0 Å². The summed E-state index contributed by atoms with van der Waals surface area (Å²) in [6.45, 7) is 1.88. The predicted octanol–water partition coefficient (Wildman–Crippen LogP) is 3.61. The van der Waals surface area contributed by atoms with E-state index in [4.69, 9.17) is 11.6 Å². The van der Waals surface area contributed by atoms with Crippen molar-refractivity contribution < 1.29 is 9.85 Å². The van der Waals surface area contributed by atoms with Gasteiger partial charge in [0.25, 0.3) is 0 Å². The third kappa shape index (κ3) is 2.81. The molecule has 0 aliphatic carbocycles. The SMILES string of the molecule is Cc1cc(Cl)ccc1C=[N+]([O-])c1cccc(O)c1. The molecule has 18 heavy (non-hydrogen) atoms. The van der Waals surface area contributed by atoms with Crippen LogP contribution in [0.1, 0.15) is 11.1 Å². The lowest BCUT2D eigenvalue weighted by atomic mass is 10.1. The number of benzene rings is 2. The molecule has 0 unspecified atom stereocenters. The molecular weight excluding hydrogens is 250 g/mol. The zero-order chi connectivity index (χ0) is 13.1. The molecule has 4 heteroatoms. The number of halogens is 1. The summed E-state index contributed by atoms with van der Waals surface area (Å²) in [7, 11) is 0. The van der Waals surface area contributed by atoms with E-state index in [1.54, 1.807) is 30.3 Å². The zero-order valence-electron chi connectivity index (χ0n) is 9.80. The second kappa shape index (κ2) is 5.10. The van der Waals surface area contributed by atoms with E-state index in [-0.39, 0.29) is 5.75 Å². The average molecular weight is 262 g/mol. The van der Waals surface area contributed by atoms with E-state index in [9.17, 15) is 10.3 Å². The van der Waals surface area contributed by atoms with Gasteiger partial charge in [0.2, 0.25) is 5.69 Å². The van der Waals surface area contributed by atoms with E-state index >= 15 is 0 Å². The van der Waals surface area contributed by atoms with Crippen molar-refractivity contribution >= 4 is 23.5 Å². The lowest BCUT2D eigenvalue weighted by molar-refractivity contribution is -0.354. The summed E-state index contributed by atoms with van der Waals surface area (Å²) >= 11 is 5.85. The minimum Gasteiger partial charge on any atom is -0.618 e. The molecule has 0 heterocycles. The highest BCUT2D eigenvalue weighted by molar-refractivity contribution is 6.30. The second-order valence-corrected chi connectivity index (χ2v) is 4.41. The molecule has 3 nitrogen and oxygen atoms in total. The monoisotopic (exact) mass is 261 g/mol. The molecule has 2 aromatic rings. The Balaban J connectivity index is 2.38. The lowest BCUT2D eigenvalue weighted by Gasteiger charge is -2.05. The molecule has 0 radical (unpaired) electrons. The van der Waals surface area contributed by atoms with Crippen LogP contribution in [0, 0.1) is 12.1 Å². The topological polar surface area (TPSA) is 46.3 Å². The first-order valence-electron chi connectivity index (χ1n) is 5.43. The van der Waals surface area contributed by atoms with E-state index in [0.29, 0.717) is 10.7 Å². The Bertz CT molecular complexity index is 608. The van der Waals surface area contributed by atoms with Gasteiger partial charge in [0.1, 0.15) is 5.75 Å². The standard InChI is InChI=1S/C14H12ClNO2/c1-10-7-12(15)6-5-11(10)9-16(18)13-3-2-4-14(17)8-13/h2-9,17H,1H3. The van der Waals surface area contributed by atoms with Crippen LogP contribution in [0.3, 0.4) is 0 Å². The van der Waals surface area contributed by atoms with Gasteiger partial charge in [-0.1, -0.05) is 17.7 Å². The van der Waals surface area contributed by atoms with Crippen LogP contribution in [0.5, 0.6) is 5.75 Å². The van der Waals surface area contributed by atoms with Gasteiger partial charge in [-0.2, -0.15) is 4.74 Å². The fraction of sp³-hybridized carbons (Fsp3) is 0.0714. The number of nitrogens with zero attached hydrogens (tertiary/aromatic N) is 1. The predicted molar refractivity (Wildman–Crippen MR) is 72.7 cm³/mol. The first kappa shape index (κ1) is 12.5. The summed E-state index contributed by atoms with van der Waals surface area (Å²) in [5.74, 6) is 0.0644. The molecule has 0 amide bonds. The molecule has 2 aromatic carbocycles. The van der Waals surface area contributed by atoms with Crippen molar-refractivity contribution in [2.75, 3.05) is 0 Å². The molecule has 0 atom stereocenters. The highest BCUT2D eigenvalue weighted by Gasteiger charge is 2.05. The number of hydrogen-bond acceptors (Lipinski definition) is 2. The molecule has 1 N–H and O–H groups in total. The maximum atomic E-state index is 11.9. The quantitative estimate of drug-likeness (QED) is 0.388. The van der Waals surface area contributed by atoms with E-state index in [1.165, 1.54) is 18.3 Å². The minimum atomic E-state index is 0.0644. The summed E-state index contributed by atoms with van der Waals surface area (Å²) < 4.78 is 0.718. The summed E-state index contributed by atoms with van der Waals surface area (Å²) in [6.07, 6.45) is 1.46. The molecule has 2 rings (SSSR count). The van der Waals surface area contributed by atoms with Gasteiger partial charge < -0.3 is 10.3 Å². The normalized spacial score (nSPS) is 11.6. The third-order valence-corrected chi connectivity index (χ3v) is 2.81. The van der Waals surface area contributed by atoms with Crippen LogP contribution in [-0.4, -0.2) is 16.1 Å². The van der Waals surface area contributed by atoms with Gasteiger partial charge in [-0.25, -0.2) is 0 Å². The van der Waals surface area contributed by atoms with Crippen molar-refractivity contribution in [3.05, 3.63) is 63.8 Å². The van der Waals surface area contributed by atoms with Crippen molar-refractivity contribution in [1.29, 1.82) is 0 Å². The van der Waals surface area contributed by atoms with Crippen LogP contribution in [0.25, 0.3) is 0 Å². The van der Waals surface area contributed by atoms with Crippen LogP contribution in [0.15, 0.2) is 42.5 Å². The summed E-state index contributed by atoms with van der Waals surface area (Å²) in [5.41, 5.74) is 2.09. The van der Waals surface area contributed by atoms with Gasteiger partial charge in [0.15, 0.2) is 6.21 Å². The van der Waals surface area contributed by atoms with Gasteiger partial charge in [-0.3, -0.25) is 0 Å². The van der Waals surface area contributed by atoms with Crippen molar-refractivity contribution in [3.8, 4) is 5.75 Å². The molecule has 0 aliphatic heterocycles. The number of hydrogen-bond donors (Lipinski definition) is 1. The summed E-state index contributed by atoms with van der Waals surface area (Å²) in [5, 5.41) is 21.9. The Morgan fingerprint density at radius 3 is 2.67 bits per heavy atom. The van der Waals surface area contributed by atoms with Crippen LogP contribution < -0.4 is 0 Å². The number of rotatable bonds is 2. The molecule has 0 spiro atoms.